The number of halogens is 3. The molecule has 0 atom stereocenters. The second-order valence-corrected chi connectivity index (χ2v) is 5.43. The summed E-state index contributed by atoms with van der Waals surface area (Å²) in [6.45, 7) is 0.201. The summed E-state index contributed by atoms with van der Waals surface area (Å²) in [6, 6.07) is 8.19. The van der Waals surface area contributed by atoms with Crippen molar-refractivity contribution in [1.82, 2.24) is 0 Å². The molecule has 0 fully saturated rings. The smallest absolute Gasteiger partial charge is 0.180 e. The molecule has 0 saturated heterocycles. The van der Waals surface area contributed by atoms with Gasteiger partial charge in [-0.15, -0.1) is 0 Å². The summed E-state index contributed by atoms with van der Waals surface area (Å²) < 4.78 is 10.8. The van der Waals surface area contributed by atoms with Crippen LogP contribution in [-0.2, 0) is 6.61 Å². The predicted molar refractivity (Wildman–Crippen MR) is 84.2 cm³/mol. The van der Waals surface area contributed by atoms with Crippen molar-refractivity contribution in [2.45, 2.75) is 6.61 Å². The molecule has 0 radical (unpaired) electrons. The van der Waals surface area contributed by atoms with Crippen molar-refractivity contribution in [3.05, 3.63) is 56.5 Å². The van der Waals surface area contributed by atoms with Crippen LogP contribution < -0.4 is 9.47 Å². The third-order valence-electron chi connectivity index (χ3n) is 2.77. The number of rotatable bonds is 5. The second-order valence-electron chi connectivity index (χ2n) is 4.18. The summed E-state index contributed by atoms with van der Waals surface area (Å²) >= 11 is 18.0. The number of ether oxygens (including phenoxy) is 2. The molecule has 0 unspecified atom stereocenters. The molecule has 0 heterocycles. The van der Waals surface area contributed by atoms with E-state index >= 15 is 0 Å². The van der Waals surface area contributed by atoms with E-state index in [4.69, 9.17) is 44.3 Å². The average molecular weight is 346 g/mol. The van der Waals surface area contributed by atoms with Crippen LogP contribution in [0.15, 0.2) is 30.3 Å². The zero-order valence-corrected chi connectivity index (χ0v) is 13.3. The molecular weight excluding hydrogens is 335 g/mol. The molecule has 0 aliphatic heterocycles. The van der Waals surface area contributed by atoms with E-state index in [2.05, 4.69) is 0 Å². The monoisotopic (exact) mass is 344 g/mol. The molecule has 2 aromatic rings. The standard InChI is InChI=1S/C15H11Cl3O3/c1-20-14-5-9(7-19)4-13(18)15(14)21-8-10-2-3-11(16)6-12(10)17/h2-7H,8H2,1H3. The molecule has 0 N–H and O–H groups in total. The lowest BCUT2D eigenvalue weighted by Gasteiger charge is -2.13. The van der Waals surface area contributed by atoms with Gasteiger partial charge in [0.1, 0.15) is 12.9 Å². The molecule has 0 spiro atoms. The van der Waals surface area contributed by atoms with Gasteiger partial charge in [0.15, 0.2) is 11.5 Å². The minimum Gasteiger partial charge on any atom is -0.493 e. The van der Waals surface area contributed by atoms with Crippen LogP contribution in [0.4, 0.5) is 0 Å². The number of carbonyl (C=O) groups is 1. The maximum atomic E-state index is 10.8. The van der Waals surface area contributed by atoms with Gasteiger partial charge in [-0.2, -0.15) is 0 Å². The summed E-state index contributed by atoms with van der Waals surface area (Å²) in [5, 5.41) is 1.35. The van der Waals surface area contributed by atoms with Gasteiger partial charge in [0, 0.05) is 21.2 Å². The highest BCUT2D eigenvalue weighted by molar-refractivity contribution is 6.35. The lowest BCUT2D eigenvalue weighted by molar-refractivity contribution is 0.112. The summed E-state index contributed by atoms with van der Waals surface area (Å²) in [7, 11) is 1.47. The SMILES string of the molecule is COc1cc(C=O)cc(Cl)c1OCc1ccc(Cl)cc1Cl. The Hall–Kier alpha value is -1.42. The van der Waals surface area contributed by atoms with Gasteiger partial charge in [-0.1, -0.05) is 40.9 Å². The van der Waals surface area contributed by atoms with Crippen LogP contribution in [0.3, 0.4) is 0 Å². The minimum absolute atomic E-state index is 0.201. The molecule has 0 saturated carbocycles. The van der Waals surface area contributed by atoms with Crippen molar-refractivity contribution in [3.8, 4) is 11.5 Å². The summed E-state index contributed by atoms with van der Waals surface area (Å²) in [5.74, 6) is 0.741. The van der Waals surface area contributed by atoms with Crippen molar-refractivity contribution in [1.29, 1.82) is 0 Å². The highest BCUT2D eigenvalue weighted by Crippen LogP contribution is 2.37. The Morgan fingerprint density at radius 3 is 2.48 bits per heavy atom. The lowest BCUT2D eigenvalue weighted by atomic mass is 10.2. The third kappa shape index (κ3) is 3.82. The van der Waals surface area contributed by atoms with Crippen LogP contribution in [0.1, 0.15) is 15.9 Å². The van der Waals surface area contributed by atoms with E-state index in [9.17, 15) is 4.79 Å². The van der Waals surface area contributed by atoms with Gasteiger partial charge in [-0.3, -0.25) is 4.79 Å². The first kappa shape index (κ1) is 16.0. The van der Waals surface area contributed by atoms with Crippen LogP contribution >= 0.6 is 34.8 Å². The highest BCUT2D eigenvalue weighted by Gasteiger charge is 2.13. The molecule has 0 bridgehead atoms. The van der Waals surface area contributed by atoms with Gasteiger partial charge in [-0.05, 0) is 24.3 Å². The van der Waals surface area contributed by atoms with Gasteiger partial charge in [0.05, 0.1) is 12.1 Å². The Balaban J connectivity index is 2.25. The predicted octanol–water partition coefficient (Wildman–Crippen LogP) is 5.05. The van der Waals surface area contributed by atoms with E-state index in [0.717, 1.165) is 5.56 Å². The molecule has 0 aliphatic rings. The minimum atomic E-state index is 0.201. The van der Waals surface area contributed by atoms with Crippen LogP contribution in [0.5, 0.6) is 11.5 Å². The molecular formula is C15H11Cl3O3. The second kappa shape index (κ2) is 7.03. The van der Waals surface area contributed by atoms with E-state index in [-0.39, 0.29) is 6.61 Å². The number of carbonyl (C=O) groups excluding carboxylic acids is 1. The molecule has 2 aromatic carbocycles. The zero-order valence-electron chi connectivity index (χ0n) is 11.0. The highest BCUT2D eigenvalue weighted by atomic mass is 35.5. The molecule has 0 amide bonds. The van der Waals surface area contributed by atoms with E-state index in [1.165, 1.54) is 13.2 Å². The fraction of sp³-hybridized carbons (Fsp3) is 0.133. The topological polar surface area (TPSA) is 35.5 Å². The van der Waals surface area contributed by atoms with Crippen molar-refractivity contribution in [2.24, 2.45) is 0 Å². The van der Waals surface area contributed by atoms with Gasteiger partial charge >= 0.3 is 0 Å². The lowest BCUT2D eigenvalue weighted by Crippen LogP contribution is -2.00. The first-order valence-corrected chi connectivity index (χ1v) is 7.08. The first-order chi connectivity index (χ1) is 10.0. The van der Waals surface area contributed by atoms with Crippen molar-refractivity contribution >= 4 is 41.1 Å². The van der Waals surface area contributed by atoms with Gasteiger partial charge in [-0.25, -0.2) is 0 Å². The number of aldehydes is 1. The maximum absolute atomic E-state index is 10.8. The maximum Gasteiger partial charge on any atom is 0.180 e. The van der Waals surface area contributed by atoms with Gasteiger partial charge in [0.2, 0.25) is 0 Å². The van der Waals surface area contributed by atoms with Crippen LogP contribution in [0.2, 0.25) is 15.1 Å². The molecule has 21 heavy (non-hydrogen) atoms. The van der Waals surface area contributed by atoms with Crippen molar-refractivity contribution in [3.63, 3.8) is 0 Å². The first-order valence-electron chi connectivity index (χ1n) is 5.94. The van der Waals surface area contributed by atoms with Crippen molar-refractivity contribution < 1.29 is 14.3 Å². The molecule has 0 aromatic heterocycles. The molecule has 6 heteroatoms. The van der Waals surface area contributed by atoms with Crippen LogP contribution in [-0.4, -0.2) is 13.4 Å². The zero-order chi connectivity index (χ0) is 15.4. The number of methoxy groups -OCH3 is 1. The van der Waals surface area contributed by atoms with Crippen molar-refractivity contribution in [2.75, 3.05) is 7.11 Å². The molecule has 2 rings (SSSR count). The van der Waals surface area contributed by atoms with E-state index < -0.39 is 0 Å². The molecule has 110 valence electrons. The summed E-state index contributed by atoms with van der Waals surface area (Å²) in [6.07, 6.45) is 0.689. The average Bonchev–Trinajstić information content (AvgIpc) is 2.46. The Kier molecular flexibility index (Phi) is 5.34. The molecule has 3 nitrogen and oxygen atoms in total. The third-order valence-corrected chi connectivity index (χ3v) is 3.64. The fourth-order valence-electron chi connectivity index (χ4n) is 1.74. The Morgan fingerprint density at radius 2 is 1.86 bits per heavy atom. The quantitative estimate of drug-likeness (QED) is 0.712. The van der Waals surface area contributed by atoms with Crippen LogP contribution in [0.25, 0.3) is 0 Å². The molecule has 0 aliphatic carbocycles. The number of hydrogen-bond donors (Lipinski definition) is 0. The normalized spacial score (nSPS) is 10.3. The fourth-order valence-corrected chi connectivity index (χ4v) is 2.47. The largest absolute Gasteiger partial charge is 0.493 e. The Labute approximate surface area is 137 Å². The number of benzene rings is 2. The van der Waals surface area contributed by atoms with Gasteiger partial charge in [0.25, 0.3) is 0 Å². The summed E-state index contributed by atoms with van der Waals surface area (Å²) in [5.41, 5.74) is 1.17. The Morgan fingerprint density at radius 1 is 1.10 bits per heavy atom. The van der Waals surface area contributed by atoms with E-state index in [1.54, 1.807) is 24.3 Å². The number of hydrogen-bond acceptors (Lipinski definition) is 3. The van der Waals surface area contributed by atoms with Crippen LogP contribution in [0, 0.1) is 0 Å². The van der Waals surface area contributed by atoms with Gasteiger partial charge < -0.3 is 9.47 Å². The van der Waals surface area contributed by atoms with E-state index in [0.29, 0.717) is 38.4 Å². The van der Waals surface area contributed by atoms with E-state index in [1.807, 2.05) is 0 Å². The Bertz CT molecular complexity index is 671. The summed E-state index contributed by atoms with van der Waals surface area (Å²) in [4.78, 5) is 10.8.